The zero-order valence-electron chi connectivity index (χ0n) is 7.08. The summed E-state index contributed by atoms with van der Waals surface area (Å²) in [5.41, 5.74) is 0. The first kappa shape index (κ1) is 9.94. The summed E-state index contributed by atoms with van der Waals surface area (Å²) in [6.07, 6.45) is 0. The third-order valence-corrected chi connectivity index (χ3v) is 5.30. The van der Waals surface area contributed by atoms with Gasteiger partial charge >= 0.3 is 77.2 Å². The van der Waals surface area contributed by atoms with E-state index in [0.717, 1.165) is 5.30 Å². The molecule has 0 aliphatic rings. The Morgan fingerprint density at radius 1 is 1.08 bits per heavy atom. The van der Waals surface area contributed by atoms with Crippen molar-refractivity contribution in [3.63, 3.8) is 0 Å². The Kier molecular flexibility index (Phi) is 3.48. The maximum absolute atomic E-state index is 6.13. The van der Waals surface area contributed by atoms with Gasteiger partial charge in [0.05, 0.1) is 0 Å². The maximum atomic E-state index is 6.13. The van der Waals surface area contributed by atoms with Crippen LogP contribution < -0.4 is 5.30 Å². The molecule has 0 N–H and O–H groups in total. The van der Waals surface area contributed by atoms with Gasteiger partial charge in [-0.15, -0.1) is 0 Å². The monoisotopic (exact) mass is 206 g/mol. The Labute approximate surface area is 77.7 Å². The molecule has 0 fully saturated rings. The van der Waals surface area contributed by atoms with Crippen LogP contribution in [0.4, 0.5) is 0 Å². The molecule has 0 aliphatic carbocycles. The molecule has 0 aromatic heterocycles. The Bertz CT molecular complexity index is 236. The van der Waals surface area contributed by atoms with E-state index in [0.29, 0.717) is 0 Å². The Morgan fingerprint density at radius 2 is 1.58 bits per heavy atom. The van der Waals surface area contributed by atoms with E-state index >= 15 is 0 Å². The summed E-state index contributed by atoms with van der Waals surface area (Å²) in [6.45, 7) is 0. The SMILES string of the molecule is CO[PH](Cl)(OC)c1ccccc1. The molecule has 0 saturated carbocycles. The summed E-state index contributed by atoms with van der Waals surface area (Å²) in [6, 6.07) is 9.58. The number of hydrogen-bond donors (Lipinski definition) is 0. The van der Waals surface area contributed by atoms with Crippen molar-refractivity contribution in [2.75, 3.05) is 14.2 Å². The summed E-state index contributed by atoms with van der Waals surface area (Å²) in [4.78, 5) is 0. The van der Waals surface area contributed by atoms with Gasteiger partial charge in [0, 0.05) is 0 Å². The number of benzene rings is 1. The van der Waals surface area contributed by atoms with Gasteiger partial charge in [0.25, 0.3) is 0 Å². The molecule has 0 unspecified atom stereocenters. The van der Waals surface area contributed by atoms with Gasteiger partial charge in [0.2, 0.25) is 0 Å². The van der Waals surface area contributed by atoms with E-state index in [1.165, 1.54) is 0 Å². The molecule has 0 radical (unpaired) electrons. The fourth-order valence-electron chi connectivity index (χ4n) is 0.956. The molecule has 0 spiro atoms. The first-order valence-electron chi connectivity index (χ1n) is 3.57. The van der Waals surface area contributed by atoms with Gasteiger partial charge in [0.1, 0.15) is 0 Å². The van der Waals surface area contributed by atoms with E-state index in [2.05, 4.69) is 0 Å². The normalized spacial score (nSPS) is 12.9. The van der Waals surface area contributed by atoms with Crippen molar-refractivity contribution in [3.05, 3.63) is 30.3 Å². The van der Waals surface area contributed by atoms with Crippen molar-refractivity contribution in [1.82, 2.24) is 0 Å². The van der Waals surface area contributed by atoms with Gasteiger partial charge in [0.15, 0.2) is 0 Å². The molecule has 2 nitrogen and oxygen atoms in total. The van der Waals surface area contributed by atoms with Crippen LogP contribution in [0.1, 0.15) is 0 Å². The van der Waals surface area contributed by atoms with Gasteiger partial charge in [-0.2, -0.15) is 0 Å². The van der Waals surface area contributed by atoms with E-state index in [1.54, 1.807) is 14.2 Å². The molecule has 12 heavy (non-hydrogen) atoms. The molecule has 68 valence electrons. The molecule has 0 atom stereocenters. The Balaban J connectivity index is 2.95. The van der Waals surface area contributed by atoms with Crippen LogP contribution in [0.25, 0.3) is 0 Å². The van der Waals surface area contributed by atoms with Crippen molar-refractivity contribution in [3.8, 4) is 0 Å². The zero-order chi connectivity index (χ0) is 9.03. The van der Waals surface area contributed by atoms with Crippen molar-refractivity contribution in [2.24, 2.45) is 0 Å². The van der Waals surface area contributed by atoms with Crippen LogP contribution in [0.3, 0.4) is 0 Å². The summed E-state index contributed by atoms with van der Waals surface area (Å²) in [5.74, 6) is 0. The second-order valence-corrected chi connectivity index (χ2v) is 6.27. The number of rotatable bonds is 3. The van der Waals surface area contributed by atoms with Gasteiger partial charge in [-0.3, -0.25) is 0 Å². The van der Waals surface area contributed by atoms with E-state index in [9.17, 15) is 0 Å². The molecular weight excluding hydrogens is 195 g/mol. The van der Waals surface area contributed by atoms with E-state index in [4.69, 9.17) is 20.3 Å². The predicted molar refractivity (Wildman–Crippen MR) is 54.3 cm³/mol. The van der Waals surface area contributed by atoms with Crippen LogP contribution in [-0.2, 0) is 9.05 Å². The van der Waals surface area contributed by atoms with Crippen LogP contribution in [-0.4, -0.2) is 14.2 Å². The first-order chi connectivity index (χ1) is 5.73. The predicted octanol–water partition coefficient (Wildman–Crippen LogP) is 2.34. The third-order valence-electron chi connectivity index (χ3n) is 1.64. The molecule has 0 saturated heterocycles. The van der Waals surface area contributed by atoms with Gasteiger partial charge in [-0.25, -0.2) is 0 Å². The average Bonchev–Trinajstić information content (AvgIpc) is 2.18. The molecular formula is C8H12ClO2P. The second kappa shape index (κ2) is 4.20. The fourth-order valence-corrected chi connectivity index (χ4v) is 2.56. The number of hydrogen-bond acceptors (Lipinski definition) is 2. The van der Waals surface area contributed by atoms with Gasteiger partial charge in [-0.1, -0.05) is 0 Å². The quantitative estimate of drug-likeness (QED) is 0.707. The summed E-state index contributed by atoms with van der Waals surface area (Å²) < 4.78 is 10.3. The van der Waals surface area contributed by atoms with E-state index in [-0.39, 0.29) is 0 Å². The third kappa shape index (κ3) is 1.96. The fraction of sp³-hybridized carbons (Fsp3) is 0.250. The van der Waals surface area contributed by atoms with E-state index < -0.39 is 7.07 Å². The standard InChI is InChI=1S/C8H12ClO2P/c1-10-12(9,11-2)8-6-4-3-5-7-8/h3-7,12H,1-2H3. The van der Waals surface area contributed by atoms with Crippen molar-refractivity contribution in [1.29, 1.82) is 0 Å². The minimum absolute atomic E-state index is 0.927. The molecule has 1 rings (SSSR count). The molecule has 0 amide bonds. The van der Waals surface area contributed by atoms with Gasteiger partial charge < -0.3 is 0 Å². The average molecular weight is 207 g/mol. The van der Waals surface area contributed by atoms with Crippen molar-refractivity contribution >= 4 is 23.6 Å². The summed E-state index contributed by atoms with van der Waals surface area (Å²) in [5, 5.41) is 0.927. The molecule has 4 heteroatoms. The van der Waals surface area contributed by atoms with Crippen LogP contribution in [0.15, 0.2) is 30.3 Å². The Hall–Kier alpha value is -0.140. The van der Waals surface area contributed by atoms with E-state index in [1.807, 2.05) is 30.3 Å². The van der Waals surface area contributed by atoms with Crippen molar-refractivity contribution < 1.29 is 9.05 Å². The number of halogens is 1. The molecule has 1 aromatic carbocycles. The summed E-state index contributed by atoms with van der Waals surface area (Å²) in [7, 11) is 0.529. The van der Waals surface area contributed by atoms with Crippen LogP contribution in [0.5, 0.6) is 0 Å². The topological polar surface area (TPSA) is 18.5 Å². The molecule has 0 aliphatic heterocycles. The molecule has 0 heterocycles. The van der Waals surface area contributed by atoms with Crippen LogP contribution >= 0.6 is 18.3 Å². The zero-order valence-corrected chi connectivity index (χ0v) is 8.84. The van der Waals surface area contributed by atoms with Crippen molar-refractivity contribution in [2.45, 2.75) is 0 Å². The van der Waals surface area contributed by atoms with Crippen LogP contribution in [0, 0.1) is 0 Å². The Morgan fingerprint density at radius 3 is 2.00 bits per heavy atom. The second-order valence-electron chi connectivity index (χ2n) is 2.31. The van der Waals surface area contributed by atoms with Crippen LogP contribution in [0.2, 0.25) is 0 Å². The molecule has 0 bridgehead atoms. The molecule has 1 aromatic rings. The first-order valence-corrected chi connectivity index (χ1v) is 6.40. The minimum atomic E-state index is -2.60. The van der Waals surface area contributed by atoms with Gasteiger partial charge in [-0.05, 0) is 0 Å². The summed E-state index contributed by atoms with van der Waals surface area (Å²) >= 11 is 6.13.